The summed E-state index contributed by atoms with van der Waals surface area (Å²) in [5.74, 6) is 0.766. The molecule has 2 aliphatic carbocycles. The first-order chi connectivity index (χ1) is 5.93. The first-order valence-electron chi connectivity index (χ1n) is 4.74. The SMILES string of the molecule is CC12CCC(CC1=O)C2(C)C(Cl)Cl. The van der Waals surface area contributed by atoms with Crippen LogP contribution in [0.5, 0.6) is 0 Å². The molecule has 2 aliphatic rings. The zero-order valence-electron chi connectivity index (χ0n) is 7.94. The quantitative estimate of drug-likeness (QED) is 0.621. The maximum atomic E-state index is 11.8. The summed E-state index contributed by atoms with van der Waals surface area (Å²) in [6, 6.07) is 0. The molecule has 0 aromatic rings. The maximum absolute atomic E-state index is 11.8. The number of ketones is 1. The molecule has 0 aliphatic heterocycles. The average molecular weight is 221 g/mol. The largest absolute Gasteiger partial charge is 0.299 e. The van der Waals surface area contributed by atoms with Crippen LogP contribution in [-0.4, -0.2) is 10.6 Å². The lowest BCUT2D eigenvalue weighted by molar-refractivity contribution is -0.128. The molecule has 2 bridgehead atoms. The van der Waals surface area contributed by atoms with E-state index in [-0.39, 0.29) is 10.8 Å². The molecule has 2 saturated carbocycles. The highest BCUT2D eigenvalue weighted by Crippen LogP contribution is 2.66. The summed E-state index contributed by atoms with van der Waals surface area (Å²) in [7, 11) is 0. The minimum Gasteiger partial charge on any atom is -0.299 e. The third-order valence-electron chi connectivity index (χ3n) is 4.53. The summed E-state index contributed by atoms with van der Waals surface area (Å²) >= 11 is 12.0. The monoisotopic (exact) mass is 220 g/mol. The third-order valence-corrected chi connectivity index (χ3v) is 5.44. The molecule has 0 aromatic heterocycles. The van der Waals surface area contributed by atoms with Gasteiger partial charge in [-0.1, -0.05) is 13.8 Å². The van der Waals surface area contributed by atoms with Crippen molar-refractivity contribution in [2.75, 3.05) is 0 Å². The van der Waals surface area contributed by atoms with Crippen molar-refractivity contribution < 1.29 is 4.79 Å². The van der Waals surface area contributed by atoms with Gasteiger partial charge in [-0.15, -0.1) is 23.2 Å². The lowest BCUT2D eigenvalue weighted by Gasteiger charge is -2.37. The van der Waals surface area contributed by atoms with E-state index >= 15 is 0 Å². The molecule has 0 saturated heterocycles. The topological polar surface area (TPSA) is 17.1 Å². The molecule has 0 amide bonds. The first-order valence-corrected chi connectivity index (χ1v) is 5.61. The van der Waals surface area contributed by atoms with Crippen molar-refractivity contribution in [1.82, 2.24) is 0 Å². The Balaban J connectivity index is 2.46. The third kappa shape index (κ3) is 0.928. The predicted molar refractivity (Wildman–Crippen MR) is 54.1 cm³/mol. The molecule has 0 radical (unpaired) electrons. The number of halogens is 2. The van der Waals surface area contributed by atoms with E-state index in [1.807, 2.05) is 6.92 Å². The molecule has 3 unspecified atom stereocenters. The Bertz CT molecular complexity index is 264. The summed E-state index contributed by atoms with van der Waals surface area (Å²) in [4.78, 5) is 11.3. The molecular formula is C10H14Cl2O. The Hall–Kier alpha value is 0.250. The average Bonchev–Trinajstić information content (AvgIpc) is 2.40. The molecule has 0 heterocycles. The van der Waals surface area contributed by atoms with E-state index in [1.165, 1.54) is 0 Å². The van der Waals surface area contributed by atoms with Crippen LogP contribution < -0.4 is 0 Å². The summed E-state index contributed by atoms with van der Waals surface area (Å²) < 4.78 is 0. The highest BCUT2D eigenvalue weighted by molar-refractivity contribution is 6.45. The van der Waals surface area contributed by atoms with E-state index in [1.54, 1.807) is 0 Å². The molecule has 74 valence electrons. The van der Waals surface area contributed by atoms with E-state index < -0.39 is 4.84 Å². The number of carbonyl (C=O) groups is 1. The van der Waals surface area contributed by atoms with E-state index in [9.17, 15) is 4.79 Å². The Morgan fingerprint density at radius 2 is 2.08 bits per heavy atom. The van der Waals surface area contributed by atoms with Crippen LogP contribution >= 0.6 is 23.2 Å². The van der Waals surface area contributed by atoms with Gasteiger partial charge in [0.1, 0.15) is 10.6 Å². The number of carbonyl (C=O) groups excluding carboxylic acids is 1. The van der Waals surface area contributed by atoms with Gasteiger partial charge in [-0.25, -0.2) is 0 Å². The Kier molecular flexibility index (Phi) is 1.99. The molecule has 3 heteroatoms. The fourth-order valence-electron chi connectivity index (χ4n) is 3.10. The molecule has 0 aromatic carbocycles. The van der Waals surface area contributed by atoms with Gasteiger partial charge in [0.25, 0.3) is 0 Å². The van der Waals surface area contributed by atoms with Gasteiger partial charge in [-0.3, -0.25) is 4.79 Å². The predicted octanol–water partition coefficient (Wildman–Crippen LogP) is 3.19. The van der Waals surface area contributed by atoms with Gasteiger partial charge >= 0.3 is 0 Å². The second kappa shape index (κ2) is 2.64. The Labute approximate surface area is 88.8 Å². The van der Waals surface area contributed by atoms with Crippen molar-refractivity contribution in [2.45, 2.75) is 37.9 Å². The van der Waals surface area contributed by atoms with Crippen molar-refractivity contribution in [3.05, 3.63) is 0 Å². The summed E-state index contributed by atoms with van der Waals surface area (Å²) in [6.45, 7) is 4.10. The van der Waals surface area contributed by atoms with Crippen LogP contribution in [0.3, 0.4) is 0 Å². The van der Waals surface area contributed by atoms with Crippen molar-refractivity contribution >= 4 is 29.0 Å². The summed E-state index contributed by atoms with van der Waals surface area (Å²) in [6.07, 6.45) is 2.75. The minimum absolute atomic E-state index is 0.187. The number of Topliss-reactive ketones (excluding diaryl/α,β-unsaturated/α-hetero) is 1. The molecule has 1 nitrogen and oxygen atoms in total. The van der Waals surface area contributed by atoms with Gasteiger partial charge in [0.15, 0.2) is 0 Å². The van der Waals surface area contributed by atoms with E-state index in [2.05, 4.69) is 6.92 Å². The fraction of sp³-hybridized carbons (Fsp3) is 0.900. The molecule has 3 atom stereocenters. The van der Waals surface area contributed by atoms with E-state index in [0.717, 1.165) is 12.8 Å². The van der Waals surface area contributed by atoms with Crippen LogP contribution in [0, 0.1) is 16.7 Å². The second-order valence-corrected chi connectivity index (χ2v) is 5.87. The molecular weight excluding hydrogens is 207 g/mol. The van der Waals surface area contributed by atoms with Crippen LogP contribution in [0.25, 0.3) is 0 Å². The molecule has 2 fully saturated rings. The number of rotatable bonds is 1. The standard InChI is InChI=1S/C10H14Cl2O/c1-9-4-3-6(5-7(9)13)10(9,2)8(11)12/h6,8H,3-5H2,1-2H3. The van der Waals surface area contributed by atoms with Crippen molar-refractivity contribution in [2.24, 2.45) is 16.7 Å². The van der Waals surface area contributed by atoms with Gasteiger partial charge in [0.05, 0.1) is 0 Å². The van der Waals surface area contributed by atoms with Crippen LogP contribution in [0.4, 0.5) is 0 Å². The van der Waals surface area contributed by atoms with Crippen molar-refractivity contribution in [3.8, 4) is 0 Å². The zero-order valence-corrected chi connectivity index (χ0v) is 9.45. The molecule has 0 N–H and O–H groups in total. The lowest BCUT2D eigenvalue weighted by Crippen LogP contribution is -2.39. The number of fused-ring (bicyclic) bond motifs is 2. The van der Waals surface area contributed by atoms with Crippen molar-refractivity contribution in [3.63, 3.8) is 0 Å². The van der Waals surface area contributed by atoms with Gasteiger partial charge < -0.3 is 0 Å². The normalized spacial score (nSPS) is 49.3. The summed E-state index contributed by atoms with van der Waals surface area (Å²) in [5, 5.41) is 0. The molecule has 2 rings (SSSR count). The second-order valence-electron chi connectivity index (χ2n) is 4.78. The molecule has 0 spiro atoms. The number of alkyl halides is 2. The fourth-order valence-corrected chi connectivity index (χ4v) is 3.94. The van der Waals surface area contributed by atoms with E-state index in [0.29, 0.717) is 18.1 Å². The number of hydrogen-bond donors (Lipinski definition) is 0. The highest BCUT2D eigenvalue weighted by Gasteiger charge is 2.66. The number of hydrogen-bond acceptors (Lipinski definition) is 1. The summed E-state index contributed by atoms with van der Waals surface area (Å²) in [5.41, 5.74) is -0.445. The van der Waals surface area contributed by atoms with Gasteiger partial charge in [0.2, 0.25) is 0 Å². The van der Waals surface area contributed by atoms with Gasteiger partial charge in [-0.2, -0.15) is 0 Å². The zero-order chi connectivity index (χ0) is 9.85. The Morgan fingerprint density at radius 1 is 1.46 bits per heavy atom. The van der Waals surface area contributed by atoms with Crippen LogP contribution in [0.15, 0.2) is 0 Å². The first kappa shape index (κ1) is 9.79. The van der Waals surface area contributed by atoms with Crippen molar-refractivity contribution in [1.29, 1.82) is 0 Å². The maximum Gasteiger partial charge on any atom is 0.139 e. The van der Waals surface area contributed by atoms with E-state index in [4.69, 9.17) is 23.2 Å². The van der Waals surface area contributed by atoms with Crippen LogP contribution in [0.1, 0.15) is 33.1 Å². The smallest absolute Gasteiger partial charge is 0.139 e. The minimum atomic E-state index is -0.420. The van der Waals surface area contributed by atoms with Gasteiger partial charge in [-0.05, 0) is 18.8 Å². The Morgan fingerprint density at radius 3 is 2.31 bits per heavy atom. The molecule has 13 heavy (non-hydrogen) atoms. The van der Waals surface area contributed by atoms with Crippen LogP contribution in [-0.2, 0) is 4.79 Å². The van der Waals surface area contributed by atoms with Gasteiger partial charge in [0, 0.05) is 17.3 Å². The lowest BCUT2D eigenvalue weighted by atomic mass is 9.70. The highest BCUT2D eigenvalue weighted by atomic mass is 35.5. The van der Waals surface area contributed by atoms with Crippen LogP contribution in [0.2, 0.25) is 0 Å².